The number of ether oxygens (including phenoxy) is 3. The molecule has 2 heterocycles. The molecule has 1 aliphatic heterocycles. The van der Waals surface area contributed by atoms with Gasteiger partial charge in [-0.05, 0) is 25.3 Å². The quantitative estimate of drug-likeness (QED) is 0.853. The van der Waals surface area contributed by atoms with E-state index in [4.69, 9.17) is 14.2 Å². The molecule has 0 spiro atoms. The summed E-state index contributed by atoms with van der Waals surface area (Å²) in [4.78, 5) is 11.2. The van der Waals surface area contributed by atoms with Crippen molar-refractivity contribution >= 4 is 29.1 Å². The number of methoxy groups -OCH3 is 3. The van der Waals surface area contributed by atoms with Crippen LogP contribution in [-0.2, 0) is 0 Å². The molecule has 126 valence electrons. The van der Waals surface area contributed by atoms with Crippen LogP contribution in [-0.4, -0.2) is 44.4 Å². The average molecular weight is 340 g/mol. The molecule has 1 aromatic heterocycles. The fraction of sp³-hybridized carbons (Fsp3) is 0.500. The summed E-state index contributed by atoms with van der Waals surface area (Å²) in [6, 6.07) is 1.93. The lowest BCUT2D eigenvalue weighted by atomic mass is 10.1. The maximum absolute atomic E-state index is 5.52. The minimum atomic E-state index is 0. The van der Waals surface area contributed by atoms with Crippen LogP contribution >= 0.6 is 12.4 Å². The number of anilines is 1. The fourth-order valence-corrected chi connectivity index (χ4v) is 3.01. The molecule has 23 heavy (non-hydrogen) atoms. The van der Waals surface area contributed by atoms with Crippen molar-refractivity contribution in [1.82, 2.24) is 9.97 Å². The zero-order chi connectivity index (χ0) is 15.5. The van der Waals surface area contributed by atoms with Crippen molar-refractivity contribution in [2.75, 3.05) is 39.3 Å². The van der Waals surface area contributed by atoms with E-state index in [1.807, 2.05) is 6.07 Å². The van der Waals surface area contributed by atoms with Crippen LogP contribution in [0.3, 0.4) is 0 Å². The van der Waals surface area contributed by atoms with Crippen LogP contribution in [0.2, 0.25) is 0 Å². The SMILES string of the molecule is COc1cc2c(N3CCCCC3)ncnc2c(OC)c1OC.Cl. The summed E-state index contributed by atoms with van der Waals surface area (Å²) >= 11 is 0. The van der Waals surface area contributed by atoms with Crippen LogP contribution in [0.1, 0.15) is 19.3 Å². The van der Waals surface area contributed by atoms with Gasteiger partial charge in [0, 0.05) is 13.1 Å². The van der Waals surface area contributed by atoms with Gasteiger partial charge >= 0.3 is 0 Å². The lowest BCUT2D eigenvalue weighted by Gasteiger charge is -2.28. The first kappa shape index (κ1) is 17.4. The number of hydrogen-bond donors (Lipinski definition) is 0. The van der Waals surface area contributed by atoms with Gasteiger partial charge in [-0.25, -0.2) is 9.97 Å². The van der Waals surface area contributed by atoms with Crippen molar-refractivity contribution in [3.05, 3.63) is 12.4 Å². The normalized spacial score (nSPS) is 14.3. The second kappa shape index (κ2) is 7.55. The molecular weight excluding hydrogens is 318 g/mol. The minimum absolute atomic E-state index is 0. The molecule has 1 saturated heterocycles. The monoisotopic (exact) mass is 339 g/mol. The Morgan fingerprint density at radius 2 is 1.61 bits per heavy atom. The molecule has 6 nitrogen and oxygen atoms in total. The predicted molar refractivity (Wildman–Crippen MR) is 92.5 cm³/mol. The Bertz CT molecular complexity index is 675. The summed E-state index contributed by atoms with van der Waals surface area (Å²) in [5.74, 6) is 2.70. The lowest BCUT2D eigenvalue weighted by Crippen LogP contribution is -2.30. The molecule has 7 heteroatoms. The Labute approximate surface area is 142 Å². The maximum atomic E-state index is 5.52. The second-order valence-corrected chi connectivity index (χ2v) is 5.29. The van der Waals surface area contributed by atoms with E-state index in [1.54, 1.807) is 27.7 Å². The predicted octanol–water partition coefficient (Wildman–Crippen LogP) is 3.07. The molecule has 0 saturated carbocycles. The Morgan fingerprint density at radius 3 is 2.22 bits per heavy atom. The van der Waals surface area contributed by atoms with Crippen LogP contribution < -0.4 is 19.1 Å². The van der Waals surface area contributed by atoms with E-state index in [9.17, 15) is 0 Å². The minimum Gasteiger partial charge on any atom is -0.493 e. The Morgan fingerprint density at radius 1 is 0.913 bits per heavy atom. The molecule has 0 atom stereocenters. The summed E-state index contributed by atoms with van der Waals surface area (Å²) in [6.45, 7) is 2.03. The molecular formula is C16H22ClN3O3. The van der Waals surface area contributed by atoms with E-state index >= 15 is 0 Å². The van der Waals surface area contributed by atoms with Gasteiger partial charge < -0.3 is 19.1 Å². The summed E-state index contributed by atoms with van der Waals surface area (Å²) in [5, 5.41) is 0.930. The van der Waals surface area contributed by atoms with E-state index in [-0.39, 0.29) is 12.4 Å². The maximum Gasteiger partial charge on any atom is 0.205 e. The van der Waals surface area contributed by atoms with E-state index in [2.05, 4.69) is 14.9 Å². The van der Waals surface area contributed by atoms with Crippen LogP contribution in [0.25, 0.3) is 10.9 Å². The molecule has 0 radical (unpaired) electrons. The molecule has 3 rings (SSSR count). The number of hydrogen-bond acceptors (Lipinski definition) is 6. The topological polar surface area (TPSA) is 56.7 Å². The van der Waals surface area contributed by atoms with Gasteiger partial charge in [-0.15, -0.1) is 12.4 Å². The van der Waals surface area contributed by atoms with E-state index in [0.717, 1.165) is 29.8 Å². The molecule has 1 fully saturated rings. The number of piperidine rings is 1. The Balaban J connectivity index is 0.00000192. The highest BCUT2D eigenvalue weighted by Gasteiger charge is 2.22. The van der Waals surface area contributed by atoms with Gasteiger partial charge in [-0.3, -0.25) is 0 Å². The number of fused-ring (bicyclic) bond motifs is 1. The second-order valence-electron chi connectivity index (χ2n) is 5.29. The number of rotatable bonds is 4. The molecule has 0 unspecified atom stereocenters. The number of nitrogens with zero attached hydrogens (tertiary/aromatic N) is 3. The summed E-state index contributed by atoms with van der Waals surface area (Å²) < 4.78 is 16.4. The Hall–Kier alpha value is -1.95. The smallest absolute Gasteiger partial charge is 0.205 e. The highest BCUT2D eigenvalue weighted by molar-refractivity contribution is 5.97. The first-order chi connectivity index (χ1) is 10.8. The number of aromatic nitrogens is 2. The third-order valence-corrected chi connectivity index (χ3v) is 4.07. The van der Waals surface area contributed by atoms with Crippen LogP contribution in [0.15, 0.2) is 12.4 Å². The number of benzene rings is 1. The highest BCUT2D eigenvalue weighted by Crippen LogP contribution is 2.44. The lowest BCUT2D eigenvalue weighted by molar-refractivity contribution is 0.327. The zero-order valence-electron chi connectivity index (χ0n) is 13.7. The van der Waals surface area contributed by atoms with Crippen molar-refractivity contribution in [1.29, 1.82) is 0 Å². The fourth-order valence-electron chi connectivity index (χ4n) is 3.01. The van der Waals surface area contributed by atoms with Crippen molar-refractivity contribution in [3.8, 4) is 17.2 Å². The standard InChI is InChI=1S/C16H21N3O3.ClH/c1-20-12-9-11-13(15(22-3)14(12)21-2)17-10-18-16(11)19-7-5-4-6-8-19;/h9-10H,4-8H2,1-3H3;1H. The van der Waals surface area contributed by atoms with Crippen LogP contribution in [0.4, 0.5) is 5.82 Å². The summed E-state index contributed by atoms with van der Waals surface area (Å²) in [7, 11) is 4.83. The summed E-state index contributed by atoms with van der Waals surface area (Å²) in [5.41, 5.74) is 0.746. The van der Waals surface area contributed by atoms with E-state index in [0.29, 0.717) is 17.2 Å². The molecule has 1 aliphatic rings. The highest BCUT2D eigenvalue weighted by atomic mass is 35.5. The third kappa shape index (κ3) is 3.08. The van der Waals surface area contributed by atoms with Gasteiger partial charge in [-0.2, -0.15) is 0 Å². The first-order valence-electron chi connectivity index (χ1n) is 7.48. The molecule has 0 aliphatic carbocycles. The van der Waals surface area contributed by atoms with Crippen molar-refractivity contribution in [3.63, 3.8) is 0 Å². The van der Waals surface area contributed by atoms with Gasteiger partial charge in [0.1, 0.15) is 17.7 Å². The third-order valence-electron chi connectivity index (χ3n) is 4.07. The molecule has 0 N–H and O–H groups in total. The largest absolute Gasteiger partial charge is 0.493 e. The first-order valence-corrected chi connectivity index (χ1v) is 7.48. The molecule has 0 amide bonds. The van der Waals surface area contributed by atoms with Crippen molar-refractivity contribution in [2.24, 2.45) is 0 Å². The van der Waals surface area contributed by atoms with Crippen LogP contribution in [0.5, 0.6) is 17.2 Å². The molecule has 2 aromatic rings. The van der Waals surface area contributed by atoms with Crippen molar-refractivity contribution in [2.45, 2.75) is 19.3 Å². The van der Waals surface area contributed by atoms with Gasteiger partial charge in [0.25, 0.3) is 0 Å². The van der Waals surface area contributed by atoms with Crippen LogP contribution in [0, 0.1) is 0 Å². The summed E-state index contributed by atoms with van der Waals surface area (Å²) in [6.07, 6.45) is 5.24. The Kier molecular flexibility index (Phi) is 5.71. The molecule has 0 bridgehead atoms. The van der Waals surface area contributed by atoms with Gasteiger partial charge in [0.2, 0.25) is 5.75 Å². The zero-order valence-corrected chi connectivity index (χ0v) is 14.5. The van der Waals surface area contributed by atoms with Crippen molar-refractivity contribution < 1.29 is 14.2 Å². The van der Waals surface area contributed by atoms with Gasteiger partial charge in [0.15, 0.2) is 11.5 Å². The van der Waals surface area contributed by atoms with Gasteiger partial charge in [0.05, 0.1) is 26.7 Å². The average Bonchev–Trinajstić information content (AvgIpc) is 2.60. The van der Waals surface area contributed by atoms with E-state index < -0.39 is 0 Å². The van der Waals surface area contributed by atoms with Gasteiger partial charge in [-0.1, -0.05) is 0 Å². The van der Waals surface area contributed by atoms with E-state index in [1.165, 1.54) is 19.3 Å². The molecule has 1 aromatic carbocycles. The number of halogens is 1.